The summed E-state index contributed by atoms with van der Waals surface area (Å²) < 4.78 is 0. The molecule has 6 saturated heterocycles. The SMILES string of the molecule is c1cc(C2CC(C3CCCCN3)NC(C3CCCCN3)N2)ccc1C1CC(C2CCCCN2)NC(C2CCCCN2)N1. The lowest BCUT2D eigenvalue weighted by Gasteiger charge is -2.46. The van der Waals surface area contributed by atoms with Gasteiger partial charge in [-0.3, -0.25) is 21.3 Å². The summed E-state index contributed by atoms with van der Waals surface area (Å²) in [5, 5.41) is 31.6. The Bertz CT molecular complexity index is 820. The second-order valence-corrected chi connectivity index (χ2v) is 14.3. The van der Waals surface area contributed by atoms with Crippen LogP contribution in [0.4, 0.5) is 0 Å². The Morgan fingerprint density at radius 2 is 0.738 bits per heavy atom. The van der Waals surface area contributed by atoms with Crippen LogP contribution in [-0.4, -0.2) is 74.8 Å². The fraction of sp³-hybridized carbons (Fsp3) is 0.824. The summed E-state index contributed by atoms with van der Waals surface area (Å²) in [7, 11) is 0. The number of piperidine rings is 4. The number of rotatable bonds is 6. The lowest BCUT2D eigenvalue weighted by atomic mass is 9.85. The molecular formula is C34H58N8. The number of benzene rings is 1. The molecule has 0 aliphatic carbocycles. The van der Waals surface area contributed by atoms with Gasteiger partial charge in [0.15, 0.2) is 0 Å². The van der Waals surface area contributed by atoms with Crippen LogP contribution in [-0.2, 0) is 0 Å². The van der Waals surface area contributed by atoms with Crippen molar-refractivity contribution in [3.8, 4) is 0 Å². The molecule has 8 heteroatoms. The maximum atomic E-state index is 4.06. The van der Waals surface area contributed by atoms with Gasteiger partial charge in [-0.1, -0.05) is 49.9 Å². The standard InChI is InChI=1S/C34H58N8/c1-5-17-35-25(9-1)31-21-29(39-33(41-31)27-11-3-7-19-37-27)23-13-15-24(16-14-23)30-22-32(26-10-2-6-18-36-26)42-34(40-30)28-12-4-8-20-38-28/h13-16,25-42H,1-12,17-22H2. The zero-order chi connectivity index (χ0) is 28.1. The van der Waals surface area contributed by atoms with E-state index in [1.165, 1.54) is 101 Å². The maximum Gasteiger partial charge on any atom is 0.0737 e. The fourth-order valence-corrected chi connectivity index (χ4v) is 8.99. The summed E-state index contributed by atoms with van der Waals surface area (Å²) in [5.41, 5.74) is 2.90. The first-order valence-corrected chi connectivity index (χ1v) is 17.9. The topological polar surface area (TPSA) is 96.2 Å². The molecule has 0 spiro atoms. The average molecular weight is 579 g/mol. The predicted octanol–water partition coefficient (Wildman–Crippen LogP) is 2.89. The Kier molecular flexibility index (Phi) is 10.1. The van der Waals surface area contributed by atoms with Crippen LogP contribution in [0.5, 0.6) is 0 Å². The molecule has 8 nitrogen and oxygen atoms in total. The van der Waals surface area contributed by atoms with Crippen LogP contribution in [0.25, 0.3) is 0 Å². The molecule has 6 aliphatic heterocycles. The summed E-state index contributed by atoms with van der Waals surface area (Å²) in [5.74, 6) is 0. The van der Waals surface area contributed by atoms with Gasteiger partial charge < -0.3 is 21.3 Å². The van der Waals surface area contributed by atoms with Gasteiger partial charge in [0.1, 0.15) is 0 Å². The van der Waals surface area contributed by atoms with Crippen molar-refractivity contribution in [1.29, 1.82) is 0 Å². The van der Waals surface area contributed by atoms with Crippen molar-refractivity contribution in [2.45, 2.75) is 151 Å². The molecular weight excluding hydrogens is 520 g/mol. The molecule has 0 radical (unpaired) electrons. The van der Waals surface area contributed by atoms with E-state index in [0.717, 1.165) is 25.9 Å². The Balaban J connectivity index is 1.07. The third-order valence-corrected chi connectivity index (χ3v) is 11.4. The summed E-state index contributed by atoms with van der Waals surface area (Å²) in [6.45, 7) is 4.63. The Hall–Kier alpha value is -1.10. The third-order valence-electron chi connectivity index (χ3n) is 11.4. The number of hydrogen-bond acceptors (Lipinski definition) is 8. The minimum absolute atomic E-state index is 0.330. The van der Waals surface area contributed by atoms with Crippen LogP contribution in [0.3, 0.4) is 0 Å². The highest BCUT2D eigenvalue weighted by atomic mass is 15.3. The van der Waals surface area contributed by atoms with E-state index in [0.29, 0.717) is 60.7 Å². The van der Waals surface area contributed by atoms with Crippen molar-refractivity contribution >= 4 is 0 Å². The third kappa shape index (κ3) is 7.07. The Morgan fingerprint density at radius 3 is 1.07 bits per heavy atom. The molecule has 8 N–H and O–H groups in total. The summed E-state index contributed by atoms with van der Waals surface area (Å²) in [6, 6.07) is 13.8. The molecule has 6 aliphatic rings. The summed E-state index contributed by atoms with van der Waals surface area (Å²) >= 11 is 0. The van der Waals surface area contributed by atoms with Crippen LogP contribution in [0, 0.1) is 0 Å². The molecule has 1 aromatic carbocycles. The molecule has 234 valence electrons. The Labute approximate surface area is 254 Å². The molecule has 0 bridgehead atoms. The first-order valence-electron chi connectivity index (χ1n) is 17.9. The van der Waals surface area contributed by atoms with Gasteiger partial charge in [-0.15, -0.1) is 0 Å². The van der Waals surface area contributed by atoms with Crippen molar-refractivity contribution in [3.63, 3.8) is 0 Å². The number of hydrogen-bond donors (Lipinski definition) is 8. The van der Waals surface area contributed by atoms with Crippen LogP contribution >= 0.6 is 0 Å². The van der Waals surface area contributed by atoms with E-state index in [1.54, 1.807) is 0 Å². The van der Waals surface area contributed by atoms with Gasteiger partial charge in [-0.2, -0.15) is 0 Å². The molecule has 10 atom stereocenters. The largest absolute Gasteiger partial charge is 0.312 e. The molecule has 0 saturated carbocycles. The van der Waals surface area contributed by atoms with Crippen LogP contribution in [0.2, 0.25) is 0 Å². The summed E-state index contributed by atoms with van der Waals surface area (Å²) in [4.78, 5) is 0. The average Bonchev–Trinajstić information content (AvgIpc) is 3.09. The number of nitrogens with one attached hydrogen (secondary N) is 8. The second kappa shape index (κ2) is 14.3. The molecule has 42 heavy (non-hydrogen) atoms. The highest BCUT2D eigenvalue weighted by Crippen LogP contribution is 2.32. The highest BCUT2D eigenvalue weighted by molar-refractivity contribution is 5.29. The van der Waals surface area contributed by atoms with E-state index in [2.05, 4.69) is 66.8 Å². The smallest absolute Gasteiger partial charge is 0.0737 e. The van der Waals surface area contributed by atoms with Gasteiger partial charge in [0.05, 0.1) is 12.3 Å². The Morgan fingerprint density at radius 1 is 0.381 bits per heavy atom. The van der Waals surface area contributed by atoms with Crippen molar-refractivity contribution < 1.29 is 0 Å². The van der Waals surface area contributed by atoms with E-state index in [4.69, 9.17) is 0 Å². The molecule has 7 rings (SSSR count). The first kappa shape index (κ1) is 29.6. The van der Waals surface area contributed by atoms with Crippen LogP contribution < -0.4 is 42.5 Å². The van der Waals surface area contributed by atoms with Gasteiger partial charge in [-0.25, -0.2) is 0 Å². The zero-order valence-corrected chi connectivity index (χ0v) is 25.8. The molecule has 10 unspecified atom stereocenters. The molecule has 6 heterocycles. The van der Waals surface area contributed by atoms with Crippen molar-refractivity contribution in [3.05, 3.63) is 35.4 Å². The van der Waals surface area contributed by atoms with E-state index < -0.39 is 0 Å². The minimum Gasteiger partial charge on any atom is -0.312 e. The molecule has 0 aromatic heterocycles. The van der Waals surface area contributed by atoms with E-state index >= 15 is 0 Å². The minimum atomic E-state index is 0.330. The van der Waals surface area contributed by atoms with Gasteiger partial charge in [0.25, 0.3) is 0 Å². The van der Waals surface area contributed by atoms with Crippen LogP contribution in [0.1, 0.15) is 113 Å². The molecule has 0 amide bonds. The lowest BCUT2D eigenvalue weighted by molar-refractivity contribution is 0.150. The monoisotopic (exact) mass is 578 g/mol. The van der Waals surface area contributed by atoms with Crippen molar-refractivity contribution in [2.75, 3.05) is 26.2 Å². The highest BCUT2D eigenvalue weighted by Gasteiger charge is 2.39. The van der Waals surface area contributed by atoms with E-state index in [9.17, 15) is 0 Å². The first-order chi connectivity index (χ1) is 20.8. The van der Waals surface area contributed by atoms with Crippen molar-refractivity contribution in [1.82, 2.24) is 42.5 Å². The second-order valence-electron chi connectivity index (χ2n) is 14.3. The lowest BCUT2D eigenvalue weighted by Crippen LogP contribution is -2.67. The van der Waals surface area contributed by atoms with Crippen LogP contribution in [0.15, 0.2) is 24.3 Å². The molecule has 1 aromatic rings. The van der Waals surface area contributed by atoms with E-state index in [-0.39, 0.29) is 0 Å². The van der Waals surface area contributed by atoms with E-state index in [1.807, 2.05) is 0 Å². The molecule has 6 fully saturated rings. The van der Waals surface area contributed by atoms with Gasteiger partial charge in [0.2, 0.25) is 0 Å². The normalized spacial score (nSPS) is 42.2. The maximum absolute atomic E-state index is 4.06. The van der Waals surface area contributed by atoms with Gasteiger partial charge in [-0.05, 0) is 102 Å². The zero-order valence-electron chi connectivity index (χ0n) is 25.8. The van der Waals surface area contributed by atoms with Crippen molar-refractivity contribution in [2.24, 2.45) is 0 Å². The fourth-order valence-electron chi connectivity index (χ4n) is 8.99. The van der Waals surface area contributed by atoms with Gasteiger partial charge >= 0.3 is 0 Å². The predicted molar refractivity (Wildman–Crippen MR) is 171 cm³/mol. The quantitative estimate of drug-likeness (QED) is 0.261. The van der Waals surface area contributed by atoms with Gasteiger partial charge in [0, 0.05) is 48.3 Å². The summed E-state index contributed by atoms with van der Waals surface area (Å²) in [6.07, 6.45) is 18.7.